The van der Waals surface area contributed by atoms with E-state index in [4.69, 9.17) is 0 Å². The lowest BCUT2D eigenvalue weighted by atomic mass is 10.8. The minimum Gasteiger partial charge on any atom is -0.132 e. The Morgan fingerprint density at radius 3 is 2.14 bits per heavy atom. The molecule has 7 heavy (non-hydrogen) atoms. The summed E-state index contributed by atoms with van der Waals surface area (Å²) in [6, 6.07) is 0. The van der Waals surface area contributed by atoms with Crippen molar-refractivity contribution in [3.05, 3.63) is 0 Å². The molecule has 0 amide bonds. The minimum absolute atomic E-state index is 1.16. The van der Waals surface area contributed by atoms with Crippen molar-refractivity contribution >= 4 is 11.9 Å². The van der Waals surface area contributed by atoms with Crippen molar-refractivity contribution in [1.29, 1.82) is 0 Å². The van der Waals surface area contributed by atoms with E-state index < -0.39 is 0 Å². The first-order valence-electron chi connectivity index (χ1n) is 2.69. The number of hydrogen-bond acceptors (Lipinski definition) is 1. The zero-order chi connectivity index (χ0) is 5.70. The molecule has 44 valence electrons. The van der Waals surface area contributed by atoms with Crippen LogP contribution >= 0.6 is 0 Å². The predicted molar refractivity (Wildman–Crippen MR) is 37.6 cm³/mol. The molecule has 0 heterocycles. The van der Waals surface area contributed by atoms with Gasteiger partial charge in [0, 0.05) is 13.6 Å². The Labute approximate surface area is 50.2 Å². The molecule has 0 aliphatic heterocycles. The van der Waals surface area contributed by atoms with Gasteiger partial charge in [0.2, 0.25) is 0 Å². The number of hydrogen-bond donors (Lipinski definition) is 0. The van der Waals surface area contributed by atoms with Crippen molar-refractivity contribution in [3.63, 3.8) is 0 Å². The van der Waals surface area contributed by atoms with E-state index in [0.717, 1.165) is 6.54 Å². The molecule has 0 rings (SSSR count). The molecule has 0 radical (unpaired) electrons. The molecule has 0 fully saturated rings. The fourth-order valence-electron chi connectivity index (χ4n) is 0.341. The molecule has 0 bridgehead atoms. The van der Waals surface area contributed by atoms with Crippen LogP contribution in [-0.4, -0.2) is 23.7 Å². The Bertz CT molecular complexity index is 39.1. The van der Waals surface area contributed by atoms with Gasteiger partial charge >= 0.3 is 0 Å². The molecular weight excluding hydrogens is 106 g/mol. The van der Waals surface area contributed by atoms with Gasteiger partial charge < -0.3 is 0 Å². The fourth-order valence-corrected chi connectivity index (χ4v) is 1.02. The van der Waals surface area contributed by atoms with Crippen LogP contribution in [0.3, 0.4) is 0 Å². The maximum absolute atomic E-state index is 2.28. The molecule has 0 aromatic rings. The fraction of sp³-hybridized carbons (Fsp3) is 1.00. The predicted octanol–water partition coefficient (Wildman–Crippen LogP) is 0.688. The smallest absolute Gasteiger partial charge is 0.122 e. The van der Waals surface area contributed by atoms with Gasteiger partial charge in [0.05, 0.1) is 11.9 Å². The largest absolute Gasteiger partial charge is 0.132 e. The zero-order valence-corrected chi connectivity index (χ0v) is 6.20. The molecule has 0 unspecified atom stereocenters. The molecule has 0 saturated carbocycles. The Hall–Kier alpha value is 0.310. The molecule has 0 aromatic carbocycles. The second-order valence-electron chi connectivity index (χ2n) is 1.43. The lowest BCUT2D eigenvalue weighted by Gasteiger charge is -1.99. The molecular formula is C5H14NS+. The average molecular weight is 120 g/mol. The summed E-state index contributed by atoms with van der Waals surface area (Å²) < 4.78 is 2.28. The van der Waals surface area contributed by atoms with Gasteiger partial charge in [-0.25, -0.2) is 0 Å². The monoisotopic (exact) mass is 120 g/mol. The zero-order valence-electron chi connectivity index (χ0n) is 5.31. The summed E-state index contributed by atoms with van der Waals surface area (Å²) in [5, 5.41) is 0. The van der Waals surface area contributed by atoms with Crippen LogP contribution in [0, 0.1) is 0 Å². The van der Waals surface area contributed by atoms with Crippen molar-refractivity contribution < 1.29 is 0 Å². The quantitative estimate of drug-likeness (QED) is 0.391. The van der Waals surface area contributed by atoms with E-state index in [1.165, 1.54) is 17.7 Å². The lowest BCUT2D eigenvalue weighted by molar-refractivity contribution is 0.599. The SMILES string of the molecule is CC[SH+]N(C)CC. The van der Waals surface area contributed by atoms with E-state index in [-0.39, 0.29) is 0 Å². The Kier molecular flexibility index (Phi) is 4.67. The van der Waals surface area contributed by atoms with Crippen LogP contribution in [0.2, 0.25) is 0 Å². The van der Waals surface area contributed by atoms with Crippen LogP contribution in [0.5, 0.6) is 0 Å². The van der Waals surface area contributed by atoms with Gasteiger partial charge in [0.15, 0.2) is 0 Å². The maximum Gasteiger partial charge on any atom is 0.122 e. The standard InChI is InChI=1S/C5H13NS/c1-4-6(3)7-5-2/h4-5H2,1-3H3/p+1. The average Bonchev–Trinajstić information content (AvgIpc) is 1.68. The molecule has 2 heteroatoms. The van der Waals surface area contributed by atoms with E-state index >= 15 is 0 Å². The Morgan fingerprint density at radius 1 is 1.43 bits per heavy atom. The van der Waals surface area contributed by atoms with Crippen LogP contribution in [0.1, 0.15) is 13.8 Å². The maximum atomic E-state index is 2.28. The molecule has 0 aliphatic carbocycles. The second-order valence-corrected chi connectivity index (χ2v) is 3.03. The summed E-state index contributed by atoms with van der Waals surface area (Å²) in [5.41, 5.74) is 0. The first-order valence-corrected chi connectivity index (χ1v) is 3.73. The highest BCUT2D eigenvalue weighted by Gasteiger charge is 1.96. The van der Waals surface area contributed by atoms with Gasteiger partial charge in [0.25, 0.3) is 0 Å². The second kappa shape index (κ2) is 4.47. The molecule has 0 aromatic heterocycles. The van der Waals surface area contributed by atoms with Crippen molar-refractivity contribution in [2.75, 3.05) is 19.3 Å². The van der Waals surface area contributed by atoms with Crippen LogP contribution in [0.4, 0.5) is 0 Å². The van der Waals surface area contributed by atoms with Gasteiger partial charge in [0.1, 0.15) is 5.75 Å². The summed E-state index contributed by atoms with van der Waals surface area (Å²) in [5.74, 6) is 1.24. The van der Waals surface area contributed by atoms with Crippen molar-refractivity contribution in [3.8, 4) is 0 Å². The van der Waals surface area contributed by atoms with Gasteiger partial charge in [-0.3, -0.25) is 0 Å². The van der Waals surface area contributed by atoms with Crippen molar-refractivity contribution in [2.45, 2.75) is 13.8 Å². The Balaban J connectivity index is 2.83. The highest BCUT2D eigenvalue weighted by Crippen LogP contribution is 1.81. The molecule has 0 saturated heterocycles. The van der Waals surface area contributed by atoms with E-state index in [0.29, 0.717) is 0 Å². The van der Waals surface area contributed by atoms with E-state index in [1.807, 2.05) is 0 Å². The van der Waals surface area contributed by atoms with E-state index in [9.17, 15) is 0 Å². The molecule has 0 spiro atoms. The van der Waals surface area contributed by atoms with Gasteiger partial charge in [-0.15, -0.1) is 4.31 Å². The molecule has 0 aliphatic rings. The van der Waals surface area contributed by atoms with E-state index in [2.05, 4.69) is 25.2 Å². The summed E-state index contributed by atoms with van der Waals surface area (Å²) in [6.07, 6.45) is 0. The topological polar surface area (TPSA) is 3.24 Å². The third-order valence-corrected chi connectivity index (χ3v) is 1.89. The van der Waals surface area contributed by atoms with Crippen molar-refractivity contribution in [1.82, 2.24) is 4.31 Å². The van der Waals surface area contributed by atoms with Crippen LogP contribution in [0.25, 0.3) is 0 Å². The Morgan fingerprint density at radius 2 is 2.00 bits per heavy atom. The first-order chi connectivity index (χ1) is 3.31. The molecule has 0 N–H and O–H groups in total. The van der Waals surface area contributed by atoms with Gasteiger partial charge in [-0.1, -0.05) is 0 Å². The highest BCUT2D eigenvalue weighted by atomic mass is 32.2. The number of rotatable bonds is 3. The normalized spacial score (nSPS) is 10.3. The summed E-state index contributed by atoms with van der Waals surface area (Å²) in [6.45, 7) is 5.52. The third-order valence-electron chi connectivity index (χ3n) is 0.840. The molecule has 1 nitrogen and oxygen atoms in total. The van der Waals surface area contributed by atoms with Crippen LogP contribution in [0.15, 0.2) is 0 Å². The van der Waals surface area contributed by atoms with Gasteiger partial charge in [-0.2, -0.15) is 0 Å². The van der Waals surface area contributed by atoms with Crippen molar-refractivity contribution in [2.24, 2.45) is 0 Å². The number of nitrogens with zero attached hydrogens (tertiary/aromatic N) is 1. The molecule has 0 atom stereocenters. The van der Waals surface area contributed by atoms with E-state index in [1.54, 1.807) is 0 Å². The van der Waals surface area contributed by atoms with Gasteiger partial charge in [-0.05, 0) is 13.8 Å². The highest BCUT2D eigenvalue weighted by molar-refractivity contribution is 7.75. The summed E-state index contributed by atoms with van der Waals surface area (Å²) >= 11 is 1.44. The van der Waals surface area contributed by atoms with Crippen LogP contribution in [-0.2, 0) is 11.9 Å². The summed E-state index contributed by atoms with van der Waals surface area (Å²) in [7, 11) is 2.13. The van der Waals surface area contributed by atoms with Crippen LogP contribution < -0.4 is 0 Å². The first kappa shape index (κ1) is 7.31. The minimum atomic E-state index is 1.16. The number of thiol groups is 1. The third kappa shape index (κ3) is 4.16. The summed E-state index contributed by atoms with van der Waals surface area (Å²) in [4.78, 5) is 0. The lowest BCUT2D eigenvalue weighted by Crippen LogP contribution is -2.16.